The van der Waals surface area contributed by atoms with E-state index < -0.39 is 6.10 Å². The Bertz CT molecular complexity index is 502. The average molecular weight is 263 g/mol. The van der Waals surface area contributed by atoms with Gasteiger partial charge in [0, 0.05) is 11.3 Å². The monoisotopic (exact) mass is 263 g/mol. The van der Waals surface area contributed by atoms with E-state index in [1.165, 1.54) is 0 Å². The third kappa shape index (κ3) is 3.23. The van der Waals surface area contributed by atoms with Crippen LogP contribution in [-0.2, 0) is 9.53 Å². The zero-order valence-corrected chi connectivity index (χ0v) is 10.7. The largest absolute Gasteiger partial charge is 0.409 e. The van der Waals surface area contributed by atoms with E-state index in [0.717, 1.165) is 12.8 Å². The summed E-state index contributed by atoms with van der Waals surface area (Å²) >= 11 is 0. The first kappa shape index (κ1) is 13.4. The topological polar surface area (TPSA) is 96.9 Å². The molecule has 6 heteroatoms. The van der Waals surface area contributed by atoms with E-state index in [-0.39, 0.29) is 17.8 Å². The Morgan fingerprint density at radius 1 is 1.53 bits per heavy atom. The van der Waals surface area contributed by atoms with Crippen LogP contribution in [-0.4, -0.2) is 29.2 Å². The van der Waals surface area contributed by atoms with Crippen LogP contribution in [0.4, 0.5) is 5.69 Å². The van der Waals surface area contributed by atoms with Gasteiger partial charge < -0.3 is 21.0 Å². The van der Waals surface area contributed by atoms with Crippen LogP contribution in [0.1, 0.15) is 25.3 Å². The maximum Gasteiger partial charge on any atom is 0.253 e. The van der Waals surface area contributed by atoms with Crippen molar-refractivity contribution < 1.29 is 14.7 Å². The summed E-state index contributed by atoms with van der Waals surface area (Å²) in [4.78, 5) is 12.0. The van der Waals surface area contributed by atoms with Crippen LogP contribution in [0, 0.1) is 0 Å². The Morgan fingerprint density at radius 2 is 2.32 bits per heavy atom. The second-order valence-electron chi connectivity index (χ2n) is 4.57. The van der Waals surface area contributed by atoms with Crippen molar-refractivity contribution in [2.45, 2.75) is 32.0 Å². The van der Waals surface area contributed by atoms with E-state index in [1.54, 1.807) is 24.3 Å². The summed E-state index contributed by atoms with van der Waals surface area (Å²) in [5, 5.41) is 14.3. The Kier molecular flexibility index (Phi) is 4.01. The van der Waals surface area contributed by atoms with Gasteiger partial charge in [-0.2, -0.15) is 0 Å². The lowest BCUT2D eigenvalue weighted by atomic mass is 10.1. The lowest BCUT2D eigenvalue weighted by molar-refractivity contribution is -0.126. The number of anilines is 1. The highest BCUT2D eigenvalue weighted by Crippen LogP contribution is 2.20. The number of amidine groups is 1. The predicted molar refractivity (Wildman–Crippen MR) is 71.2 cm³/mol. The number of carbonyl (C=O) groups excluding carboxylic acids is 1. The molecule has 1 fully saturated rings. The van der Waals surface area contributed by atoms with Gasteiger partial charge in [0.2, 0.25) is 0 Å². The van der Waals surface area contributed by atoms with Crippen molar-refractivity contribution in [3.05, 3.63) is 29.8 Å². The molecule has 1 heterocycles. The molecule has 1 aromatic carbocycles. The van der Waals surface area contributed by atoms with Crippen molar-refractivity contribution in [1.29, 1.82) is 0 Å². The van der Waals surface area contributed by atoms with E-state index in [2.05, 4.69) is 10.5 Å². The molecule has 2 atom stereocenters. The molecule has 1 aromatic rings. The van der Waals surface area contributed by atoms with Crippen LogP contribution in [0.15, 0.2) is 29.4 Å². The maximum atomic E-state index is 12.0. The number of benzene rings is 1. The molecule has 0 saturated carbocycles. The third-order valence-corrected chi connectivity index (χ3v) is 3.06. The van der Waals surface area contributed by atoms with Gasteiger partial charge >= 0.3 is 0 Å². The number of hydrogen-bond donors (Lipinski definition) is 3. The van der Waals surface area contributed by atoms with Crippen molar-refractivity contribution >= 4 is 17.4 Å². The van der Waals surface area contributed by atoms with E-state index in [0.29, 0.717) is 11.3 Å². The molecule has 0 aromatic heterocycles. The number of amides is 1. The smallest absolute Gasteiger partial charge is 0.253 e. The van der Waals surface area contributed by atoms with E-state index in [1.807, 2.05) is 6.92 Å². The third-order valence-electron chi connectivity index (χ3n) is 3.06. The first-order chi connectivity index (χ1) is 9.10. The highest BCUT2D eigenvalue weighted by molar-refractivity contribution is 5.99. The van der Waals surface area contributed by atoms with Gasteiger partial charge in [0.15, 0.2) is 5.84 Å². The van der Waals surface area contributed by atoms with Crippen LogP contribution < -0.4 is 11.1 Å². The Morgan fingerprint density at radius 3 is 2.95 bits per heavy atom. The number of nitrogens with two attached hydrogens (primary N) is 1. The Hall–Kier alpha value is -2.08. The van der Waals surface area contributed by atoms with Gasteiger partial charge in [-0.1, -0.05) is 17.3 Å². The second kappa shape index (κ2) is 5.71. The Balaban J connectivity index is 2.05. The number of nitrogens with zero attached hydrogens (tertiary/aromatic N) is 1. The van der Waals surface area contributed by atoms with Crippen molar-refractivity contribution in [3.63, 3.8) is 0 Å². The van der Waals surface area contributed by atoms with Gasteiger partial charge in [-0.25, -0.2) is 0 Å². The normalized spacial score (nSPS) is 23.3. The molecule has 4 N–H and O–H groups in total. The van der Waals surface area contributed by atoms with Crippen molar-refractivity contribution in [1.82, 2.24) is 0 Å². The summed E-state index contributed by atoms with van der Waals surface area (Å²) in [6.07, 6.45) is 1.34. The zero-order valence-electron chi connectivity index (χ0n) is 10.7. The van der Waals surface area contributed by atoms with Gasteiger partial charge in [-0.15, -0.1) is 0 Å². The standard InChI is InChI=1S/C13H17N3O3/c1-8-5-6-11(19-8)13(17)15-10-4-2-3-9(7-10)12(14)16-18/h2-4,7-8,11,18H,5-6H2,1H3,(H2,14,16)(H,15,17). The summed E-state index contributed by atoms with van der Waals surface area (Å²) in [7, 11) is 0. The average Bonchev–Trinajstić information content (AvgIpc) is 2.85. The Labute approximate surface area is 111 Å². The van der Waals surface area contributed by atoms with Gasteiger partial charge in [0.05, 0.1) is 6.10 Å². The van der Waals surface area contributed by atoms with Gasteiger partial charge in [0.25, 0.3) is 5.91 Å². The molecule has 0 aliphatic carbocycles. The predicted octanol–water partition coefficient (Wildman–Crippen LogP) is 1.29. The number of nitrogens with one attached hydrogen (secondary N) is 1. The van der Waals surface area contributed by atoms with Gasteiger partial charge in [0.1, 0.15) is 6.10 Å². The minimum absolute atomic E-state index is 0.00170. The maximum absolute atomic E-state index is 12.0. The summed E-state index contributed by atoms with van der Waals surface area (Å²) < 4.78 is 5.49. The fourth-order valence-corrected chi connectivity index (χ4v) is 2.03. The molecular weight excluding hydrogens is 246 g/mol. The molecular formula is C13H17N3O3. The number of oxime groups is 1. The van der Waals surface area contributed by atoms with E-state index in [9.17, 15) is 4.79 Å². The van der Waals surface area contributed by atoms with E-state index >= 15 is 0 Å². The van der Waals surface area contributed by atoms with Gasteiger partial charge in [-0.05, 0) is 31.9 Å². The summed E-state index contributed by atoms with van der Waals surface area (Å²) in [6, 6.07) is 6.80. The molecule has 0 radical (unpaired) electrons. The summed E-state index contributed by atoms with van der Waals surface area (Å²) in [5.74, 6) is -0.164. The molecule has 0 spiro atoms. The zero-order chi connectivity index (χ0) is 13.8. The van der Waals surface area contributed by atoms with Crippen LogP contribution in [0.5, 0.6) is 0 Å². The summed E-state index contributed by atoms with van der Waals surface area (Å²) in [6.45, 7) is 1.95. The molecule has 2 unspecified atom stereocenters. The highest BCUT2D eigenvalue weighted by Gasteiger charge is 2.28. The van der Waals surface area contributed by atoms with Crippen molar-refractivity contribution in [3.8, 4) is 0 Å². The van der Waals surface area contributed by atoms with Gasteiger partial charge in [-0.3, -0.25) is 4.79 Å². The SMILES string of the molecule is CC1CCC(C(=O)Nc2cccc(/C(N)=N/O)c2)O1. The first-order valence-corrected chi connectivity index (χ1v) is 6.14. The number of hydrogen-bond acceptors (Lipinski definition) is 4. The number of rotatable bonds is 3. The van der Waals surface area contributed by atoms with Crippen LogP contribution in [0.3, 0.4) is 0 Å². The lowest BCUT2D eigenvalue weighted by Crippen LogP contribution is -2.27. The van der Waals surface area contributed by atoms with Crippen molar-refractivity contribution in [2.24, 2.45) is 10.9 Å². The first-order valence-electron chi connectivity index (χ1n) is 6.14. The highest BCUT2D eigenvalue weighted by atomic mass is 16.5. The molecule has 102 valence electrons. The van der Waals surface area contributed by atoms with Crippen LogP contribution >= 0.6 is 0 Å². The minimum Gasteiger partial charge on any atom is -0.409 e. The van der Waals surface area contributed by atoms with Crippen LogP contribution in [0.25, 0.3) is 0 Å². The lowest BCUT2D eigenvalue weighted by Gasteiger charge is -2.12. The number of ether oxygens (including phenoxy) is 1. The van der Waals surface area contributed by atoms with E-state index in [4.69, 9.17) is 15.7 Å². The molecule has 1 aliphatic heterocycles. The molecule has 1 aliphatic rings. The molecule has 0 bridgehead atoms. The fourth-order valence-electron chi connectivity index (χ4n) is 2.03. The minimum atomic E-state index is -0.400. The molecule has 2 rings (SSSR count). The molecule has 19 heavy (non-hydrogen) atoms. The molecule has 6 nitrogen and oxygen atoms in total. The van der Waals surface area contributed by atoms with Crippen LogP contribution in [0.2, 0.25) is 0 Å². The second-order valence-corrected chi connectivity index (χ2v) is 4.57. The number of carbonyl (C=O) groups is 1. The van der Waals surface area contributed by atoms with Crippen molar-refractivity contribution in [2.75, 3.05) is 5.32 Å². The molecule has 1 amide bonds. The quantitative estimate of drug-likeness (QED) is 0.331. The molecule has 1 saturated heterocycles. The fraction of sp³-hybridized carbons (Fsp3) is 0.385. The summed E-state index contributed by atoms with van der Waals surface area (Å²) in [5.41, 5.74) is 6.63.